The number of benzene rings is 1. The van der Waals surface area contributed by atoms with E-state index in [9.17, 15) is 20.3 Å². The molecule has 4 atom stereocenters. The molecule has 12 heteroatoms. The van der Waals surface area contributed by atoms with Gasteiger partial charge >= 0.3 is 0 Å². The van der Waals surface area contributed by atoms with Crippen LogP contribution in [0.25, 0.3) is 11.2 Å². The number of nitro groups is 1. The highest BCUT2D eigenvalue weighted by molar-refractivity contribution is 5.81. The number of aliphatic hydroxyl groups is 2. The molecule has 1 saturated heterocycles. The Hall–Kier alpha value is -3.63. The number of aliphatic hydroxyl groups excluding tert-OH is 2. The normalized spacial score (nSPS) is 23.3. The standard InChI is InChI=1S/C21H23N7O5/c1-12(14-5-4-13(3-2-6-22)7-15(14)28(31)32)21(8-16(30)17(9-29)33-21)27-11-26-18-19(23)24-10-25-20(18)27/h4-5,7,10-12,16-17,29-30H,6,8-9,22H2,1H3,(H2,23,24,25)/t12?,16-,17+,21-/m0/s1. The average Bonchev–Trinajstić information content (AvgIpc) is 3.39. The highest BCUT2D eigenvalue weighted by Crippen LogP contribution is 2.48. The van der Waals surface area contributed by atoms with Crippen LogP contribution >= 0.6 is 0 Å². The first-order chi connectivity index (χ1) is 15.8. The second-order valence-corrected chi connectivity index (χ2v) is 7.76. The number of hydrogen-bond donors (Lipinski definition) is 4. The molecular formula is C21H23N7O5. The van der Waals surface area contributed by atoms with E-state index in [-0.39, 0.29) is 24.5 Å². The number of rotatable bonds is 5. The largest absolute Gasteiger partial charge is 0.394 e. The van der Waals surface area contributed by atoms with Crippen molar-refractivity contribution in [2.75, 3.05) is 18.9 Å². The molecule has 0 amide bonds. The van der Waals surface area contributed by atoms with Crippen LogP contribution in [0, 0.1) is 22.0 Å². The van der Waals surface area contributed by atoms with Gasteiger partial charge in [0.1, 0.15) is 17.9 Å². The lowest BCUT2D eigenvalue weighted by Crippen LogP contribution is -2.39. The number of fused-ring (bicyclic) bond motifs is 1. The minimum Gasteiger partial charge on any atom is -0.394 e. The number of aromatic nitrogens is 4. The molecule has 1 aromatic carbocycles. The highest BCUT2D eigenvalue weighted by atomic mass is 16.6. The number of hydrogen-bond acceptors (Lipinski definition) is 10. The summed E-state index contributed by atoms with van der Waals surface area (Å²) >= 11 is 0. The third-order valence-electron chi connectivity index (χ3n) is 5.94. The molecule has 6 N–H and O–H groups in total. The first-order valence-electron chi connectivity index (χ1n) is 10.2. The number of nitrogen functional groups attached to an aromatic ring is 1. The van der Waals surface area contributed by atoms with Crippen LogP contribution < -0.4 is 11.5 Å². The lowest BCUT2D eigenvalue weighted by atomic mass is 9.85. The predicted octanol–water partition coefficient (Wildman–Crippen LogP) is 0.225. The van der Waals surface area contributed by atoms with E-state index in [1.807, 2.05) is 0 Å². The van der Waals surface area contributed by atoms with Gasteiger partial charge in [-0.15, -0.1) is 0 Å². The summed E-state index contributed by atoms with van der Waals surface area (Å²) in [7, 11) is 0. The Balaban J connectivity index is 1.91. The van der Waals surface area contributed by atoms with Gasteiger partial charge in [0.05, 0.1) is 30.5 Å². The van der Waals surface area contributed by atoms with Gasteiger partial charge in [0.25, 0.3) is 5.69 Å². The molecule has 0 spiro atoms. The van der Waals surface area contributed by atoms with Crippen LogP contribution in [0.4, 0.5) is 11.5 Å². The number of imidazole rings is 1. The zero-order chi connectivity index (χ0) is 23.8. The third kappa shape index (κ3) is 3.77. The van der Waals surface area contributed by atoms with Crippen molar-refractivity contribution in [3.05, 3.63) is 52.1 Å². The predicted molar refractivity (Wildman–Crippen MR) is 118 cm³/mol. The van der Waals surface area contributed by atoms with Gasteiger partial charge in [-0.25, -0.2) is 15.0 Å². The first-order valence-corrected chi connectivity index (χ1v) is 10.2. The van der Waals surface area contributed by atoms with Gasteiger partial charge in [-0.3, -0.25) is 14.7 Å². The van der Waals surface area contributed by atoms with Crippen LogP contribution in [0.1, 0.15) is 30.4 Å². The zero-order valence-corrected chi connectivity index (χ0v) is 17.8. The minimum absolute atomic E-state index is 0.0284. The third-order valence-corrected chi connectivity index (χ3v) is 5.94. The lowest BCUT2D eigenvalue weighted by Gasteiger charge is -2.36. The van der Waals surface area contributed by atoms with Crippen LogP contribution in [0.5, 0.6) is 0 Å². The van der Waals surface area contributed by atoms with Crippen molar-refractivity contribution in [3.63, 3.8) is 0 Å². The minimum atomic E-state index is -1.35. The summed E-state index contributed by atoms with van der Waals surface area (Å²) in [6.07, 6.45) is 0.823. The van der Waals surface area contributed by atoms with E-state index in [2.05, 4.69) is 26.8 Å². The molecule has 33 heavy (non-hydrogen) atoms. The maximum atomic E-state index is 11.9. The summed E-state index contributed by atoms with van der Waals surface area (Å²) in [6.45, 7) is 1.44. The van der Waals surface area contributed by atoms with Crippen molar-refractivity contribution in [1.29, 1.82) is 0 Å². The summed E-state index contributed by atoms with van der Waals surface area (Å²) in [6, 6.07) is 4.65. The van der Waals surface area contributed by atoms with Gasteiger partial charge in [0.15, 0.2) is 17.2 Å². The summed E-state index contributed by atoms with van der Waals surface area (Å²) in [5, 5.41) is 32.3. The number of anilines is 1. The van der Waals surface area contributed by atoms with E-state index in [4.69, 9.17) is 16.2 Å². The monoisotopic (exact) mass is 453 g/mol. The molecule has 0 saturated carbocycles. The van der Waals surface area contributed by atoms with Crippen LogP contribution in [-0.2, 0) is 10.5 Å². The molecule has 4 rings (SSSR count). The maximum absolute atomic E-state index is 11.9. The number of nitrogens with zero attached hydrogens (tertiary/aromatic N) is 5. The first kappa shape index (κ1) is 22.6. The molecule has 0 aliphatic carbocycles. The van der Waals surface area contributed by atoms with Crippen molar-refractivity contribution in [2.24, 2.45) is 5.73 Å². The van der Waals surface area contributed by atoms with E-state index >= 15 is 0 Å². The van der Waals surface area contributed by atoms with Gasteiger partial charge < -0.3 is 26.4 Å². The highest BCUT2D eigenvalue weighted by Gasteiger charge is 2.53. The van der Waals surface area contributed by atoms with E-state index in [0.29, 0.717) is 22.3 Å². The molecule has 2 aromatic heterocycles. The molecule has 0 radical (unpaired) electrons. The molecule has 1 aliphatic rings. The lowest BCUT2D eigenvalue weighted by molar-refractivity contribution is -0.386. The van der Waals surface area contributed by atoms with Crippen LogP contribution in [0.15, 0.2) is 30.9 Å². The fraction of sp³-hybridized carbons (Fsp3) is 0.381. The Bertz CT molecular complexity index is 1270. The molecule has 1 aliphatic heterocycles. The second-order valence-electron chi connectivity index (χ2n) is 7.76. The van der Waals surface area contributed by atoms with E-state index in [1.165, 1.54) is 18.7 Å². The Morgan fingerprint density at radius 1 is 1.42 bits per heavy atom. The Morgan fingerprint density at radius 3 is 2.88 bits per heavy atom. The second kappa shape index (κ2) is 8.72. The van der Waals surface area contributed by atoms with Crippen molar-refractivity contribution in [1.82, 2.24) is 19.5 Å². The summed E-state index contributed by atoms with van der Waals surface area (Å²) in [5.74, 6) is 4.96. The van der Waals surface area contributed by atoms with Gasteiger partial charge in [-0.05, 0) is 6.07 Å². The molecular weight excluding hydrogens is 430 g/mol. The van der Waals surface area contributed by atoms with Gasteiger partial charge in [-0.1, -0.05) is 24.8 Å². The summed E-state index contributed by atoms with van der Waals surface area (Å²) in [4.78, 5) is 24.0. The van der Waals surface area contributed by atoms with Gasteiger partial charge in [-0.2, -0.15) is 0 Å². The fourth-order valence-corrected chi connectivity index (χ4v) is 4.29. The topological polar surface area (TPSA) is 188 Å². The average molecular weight is 453 g/mol. The van der Waals surface area contributed by atoms with Crippen LogP contribution in [-0.4, -0.2) is 60.0 Å². The summed E-state index contributed by atoms with van der Waals surface area (Å²) in [5.41, 5.74) is 11.3. The van der Waals surface area contributed by atoms with Crippen molar-refractivity contribution in [3.8, 4) is 11.8 Å². The molecule has 1 unspecified atom stereocenters. The van der Waals surface area contributed by atoms with E-state index in [1.54, 1.807) is 23.6 Å². The number of ether oxygens (including phenoxy) is 1. The number of nitro benzene ring substituents is 1. The van der Waals surface area contributed by atoms with Gasteiger partial charge in [0.2, 0.25) is 0 Å². The van der Waals surface area contributed by atoms with E-state index in [0.717, 1.165) is 0 Å². The Labute approximate surface area is 188 Å². The summed E-state index contributed by atoms with van der Waals surface area (Å²) < 4.78 is 7.80. The number of nitrogens with two attached hydrogens (primary N) is 2. The zero-order valence-electron chi connectivity index (χ0n) is 17.8. The Morgan fingerprint density at radius 2 is 2.21 bits per heavy atom. The van der Waals surface area contributed by atoms with E-state index < -0.39 is 35.4 Å². The molecule has 12 nitrogen and oxygen atoms in total. The van der Waals surface area contributed by atoms with Crippen molar-refractivity contribution < 1.29 is 19.9 Å². The van der Waals surface area contributed by atoms with Crippen LogP contribution in [0.3, 0.4) is 0 Å². The molecule has 1 fully saturated rings. The molecule has 172 valence electrons. The molecule has 3 heterocycles. The van der Waals surface area contributed by atoms with Crippen molar-refractivity contribution >= 4 is 22.7 Å². The quantitative estimate of drug-likeness (QED) is 0.236. The maximum Gasteiger partial charge on any atom is 0.274 e. The fourth-order valence-electron chi connectivity index (χ4n) is 4.29. The van der Waals surface area contributed by atoms with Gasteiger partial charge in [0, 0.05) is 29.5 Å². The smallest absolute Gasteiger partial charge is 0.274 e. The molecule has 3 aromatic rings. The molecule has 0 bridgehead atoms. The Kier molecular flexibility index (Phi) is 5.96. The van der Waals surface area contributed by atoms with Crippen LogP contribution in [0.2, 0.25) is 0 Å². The van der Waals surface area contributed by atoms with Crippen molar-refractivity contribution in [2.45, 2.75) is 37.2 Å². The SMILES string of the molecule is CC(c1ccc(C#CCN)cc1[N+](=O)[O-])[C@]1(n2cnc3c(N)ncnc32)C[C@H](O)[C@@H](CO)O1.